The molecule has 4 aromatic heterocycles. The third kappa shape index (κ3) is 5.97. The first-order valence-electron chi connectivity index (χ1n) is 15.0. The van der Waals surface area contributed by atoms with Crippen LogP contribution in [-0.4, -0.2) is 49.8 Å². The number of hydrogen-bond donors (Lipinski definition) is 2. The molecule has 6 aromatic rings. The molecular weight excluding hydrogens is 567 g/mol. The van der Waals surface area contributed by atoms with Crippen LogP contribution in [0.1, 0.15) is 29.7 Å². The smallest absolute Gasteiger partial charge is 0.229 e. The number of amides is 1. The Hall–Kier alpha value is -4.86. The van der Waals surface area contributed by atoms with E-state index in [0.717, 1.165) is 57.6 Å². The number of nitrogens with one attached hydrogen (secondary N) is 2. The van der Waals surface area contributed by atoms with E-state index in [1.54, 1.807) is 17.5 Å². The predicted molar refractivity (Wildman–Crippen MR) is 178 cm³/mol. The zero-order chi connectivity index (χ0) is 29.9. The summed E-state index contributed by atoms with van der Waals surface area (Å²) >= 11 is 1.58. The molecule has 0 aliphatic carbocycles. The average molecular weight is 600 g/mol. The van der Waals surface area contributed by atoms with E-state index in [2.05, 4.69) is 51.7 Å². The normalized spacial score (nSPS) is 15.1. The molecule has 0 radical (unpaired) electrons. The van der Waals surface area contributed by atoms with Crippen LogP contribution in [-0.2, 0) is 11.2 Å². The van der Waals surface area contributed by atoms with Crippen LogP contribution in [0.15, 0.2) is 103 Å². The summed E-state index contributed by atoms with van der Waals surface area (Å²) in [6, 6.07) is 28.2. The van der Waals surface area contributed by atoms with Crippen LogP contribution in [0.3, 0.4) is 0 Å². The topological polar surface area (TPSA) is 87.5 Å². The molecule has 1 fully saturated rings. The molecule has 2 N–H and O–H groups in total. The second-order valence-corrected chi connectivity index (χ2v) is 12.0. The van der Waals surface area contributed by atoms with E-state index in [1.165, 1.54) is 18.5 Å². The minimum absolute atomic E-state index is 0.0504. The second kappa shape index (κ2) is 12.4. The standard InChI is InChI=1S/C35H33N7OS/c1-2-41-19-16-26(23-41)24-11-13-27(14-12-24)38-35-36-17-15-30(39-35)34-33(40-31-10-3-4-18-42(31)34)25-7-5-8-28(21-25)37-32(43)22-29-9-6-20-44-29/h3-15,17-18,20-21,26H,2,16,19,22-23H2,1H3,(H,37,43)(H,36,38,39). The van der Waals surface area contributed by atoms with Crippen molar-refractivity contribution in [1.82, 2.24) is 24.3 Å². The Bertz CT molecular complexity index is 1900. The van der Waals surface area contributed by atoms with Gasteiger partial charge in [0, 0.05) is 40.8 Å². The molecule has 1 saturated heterocycles. The number of imidazole rings is 1. The minimum Gasteiger partial charge on any atom is -0.326 e. The van der Waals surface area contributed by atoms with Crippen LogP contribution in [0.4, 0.5) is 17.3 Å². The largest absolute Gasteiger partial charge is 0.326 e. The van der Waals surface area contributed by atoms with Gasteiger partial charge in [-0.1, -0.05) is 43.3 Å². The quantitative estimate of drug-likeness (QED) is 0.182. The Balaban J connectivity index is 1.16. The molecular formula is C35H33N7OS. The number of carbonyl (C=O) groups is 1. The van der Waals surface area contributed by atoms with E-state index in [1.807, 2.05) is 76.6 Å². The summed E-state index contributed by atoms with van der Waals surface area (Å²) in [6.07, 6.45) is 5.31. The van der Waals surface area contributed by atoms with Crippen LogP contribution >= 0.6 is 11.3 Å². The molecule has 5 heterocycles. The van der Waals surface area contributed by atoms with Crippen molar-refractivity contribution in [3.8, 4) is 22.6 Å². The number of aromatic nitrogens is 4. The summed E-state index contributed by atoms with van der Waals surface area (Å²) in [7, 11) is 0. The molecule has 1 aliphatic rings. The first kappa shape index (κ1) is 27.9. The number of carbonyl (C=O) groups excluding carboxylic acids is 1. The third-order valence-electron chi connectivity index (χ3n) is 8.12. The van der Waals surface area contributed by atoms with Gasteiger partial charge in [0.15, 0.2) is 0 Å². The lowest BCUT2D eigenvalue weighted by Gasteiger charge is -2.14. The third-order valence-corrected chi connectivity index (χ3v) is 9.00. The van der Waals surface area contributed by atoms with Crippen LogP contribution in [0, 0.1) is 0 Å². The number of fused-ring (bicyclic) bond motifs is 1. The maximum Gasteiger partial charge on any atom is 0.229 e. The lowest BCUT2D eigenvalue weighted by Crippen LogP contribution is -2.19. The van der Waals surface area contributed by atoms with Crippen LogP contribution in [0.25, 0.3) is 28.3 Å². The van der Waals surface area contributed by atoms with Crippen LogP contribution < -0.4 is 10.6 Å². The monoisotopic (exact) mass is 599 g/mol. The molecule has 0 bridgehead atoms. The van der Waals surface area contributed by atoms with Gasteiger partial charge in [0.1, 0.15) is 5.65 Å². The molecule has 1 atom stereocenters. The summed E-state index contributed by atoms with van der Waals surface area (Å²) in [6.45, 7) is 5.63. The van der Waals surface area contributed by atoms with Crippen molar-refractivity contribution >= 4 is 40.2 Å². The summed E-state index contributed by atoms with van der Waals surface area (Å²) in [5, 5.41) is 8.41. The van der Waals surface area contributed by atoms with Gasteiger partial charge >= 0.3 is 0 Å². The number of anilines is 3. The lowest BCUT2D eigenvalue weighted by atomic mass is 9.98. The lowest BCUT2D eigenvalue weighted by molar-refractivity contribution is -0.115. The highest BCUT2D eigenvalue weighted by atomic mass is 32.1. The molecule has 2 aromatic carbocycles. The number of rotatable bonds is 9. The Kier molecular flexibility index (Phi) is 7.87. The Morgan fingerprint density at radius 2 is 1.89 bits per heavy atom. The first-order chi connectivity index (χ1) is 21.6. The molecule has 9 heteroatoms. The SMILES string of the molecule is CCN1CCC(c2ccc(Nc3nccc(-c4c(-c5cccc(NC(=O)Cc6cccs6)c5)nc5ccccn45)n3)cc2)C1. The van der Waals surface area contributed by atoms with Crippen molar-refractivity contribution in [2.24, 2.45) is 0 Å². The number of benzene rings is 2. The van der Waals surface area contributed by atoms with Gasteiger partial charge in [-0.25, -0.2) is 15.0 Å². The zero-order valence-corrected chi connectivity index (χ0v) is 25.3. The number of nitrogens with zero attached hydrogens (tertiary/aromatic N) is 5. The van der Waals surface area contributed by atoms with Gasteiger partial charge in [-0.15, -0.1) is 11.3 Å². The van der Waals surface area contributed by atoms with E-state index in [9.17, 15) is 4.79 Å². The summed E-state index contributed by atoms with van der Waals surface area (Å²) < 4.78 is 2.04. The Labute approximate surface area is 260 Å². The molecule has 44 heavy (non-hydrogen) atoms. The fourth-order valence-electron chi connectivity index (χ4n) is 5.87. The van der Waals surface area contributed by atoms with E-state index in [4.69, 9.17) is 9.97 Å². The molecule has 8 nitrogen and oxygen atoms in total. The number of hydrogen-bond acceptors (Lipinski definition) is 7. The highest BCUT2D eigenvalue weighted by Gasteiger charge is 2.22. The molecule has 1 aliphatic heterocycles. The van der Waals surface area contributed by atoms with Gasteiger partial charge < -0.3 is 15.5 Å². The minimum atomic E-state index is -0.0504. The van der Waals surface area contributed by atoms with Gasteiger partial charge in [0.05, 0.1) is 23.5 Å². The van der Waals surface area contributed by atoms with Gasteiger partial charge in [0.25, 0.3) is 0 Å². The van der Waals surface area contributed by atoms with Crippen molar-refractivity contribution in [3.63, 3.8) is 0 Å². The molecule has 7 rings (SSSR count). The Morgan fingerprint density at radius 1 is 0.977 bits per heavy atom. The van der Waals surface area contributed by atoms with Gasteiger partial charge in [-0.2, -0.15) is 0 Å². The first-order valence-corrected chi connectivity index (χ1v) is 15.8. The Morgan fingerprint density at radius 3 is 2.70 bits per heavy atom. The van der Waals surface area contributed by atoms with Crippen LogP contribution in [0.5, 0.6) is 0 Å². The zero-order valence-electron chi connectivity index (χ0n) is 24.5. The number of likely N-dealkylation sites (tertiary alicyclic amines) is 1. The highest BCUT2D eigenvalue weighted by molar-refractivity contribution is 7.10. The molecule has 1 unspecified atom stereocenters. The maximum atomic E-state index is 12.7. The fraction of sp³-hybridized carbons (Fsp3) is 0.200. The van der Waals surface area contributed by atoms with E-state index in [-0.39, 0.29) is 5.91 Å². The average Bonchev–Trinajstić information content (AvgIpc) is 3.82. The number of pyridine rings is 1. The molecule has 0 spiro atoms. The van der Waals surface area contributed by atoms with Crippen molar-refractivity contribution in [3.05, 3.63) is 113 Å². The van der Waals surface area contributed by atoms with Gasteiger partial charge in [0.2, 0.25) is 11.9 Å². The number of thiophene rings is 1. The van der Waals surface area contributed by atoms with Gasteiger partial charge in [-0.3, -0.25) is 9.20 Å². The predicted octanol–water partition coefficient (Wildman–Crippen LogP) is 7.25. The maximum absolute atomic E-state index is 12.7. The molecule has 0 saturated carbocycles. The van der Waals surface area contributed by atoms with E-state index < -0.39 is 0 Å². The summed E-state index contributed by atoms with van der Waals surface area (Å²) in [5.41, 5.74) is 7.10. The number of likely N-dealkylation sites (N-methyl/N-ethyl adjacent to an activating group) is 1. The van der Waals surface area contributed by atoms with Crippen molar-refractivity contribution in [1.29, 1.82) is 0 Å². The fourth-order valence-corrected chi connectivity index (χ4v) is 6.58. The van der Waals surface area contributed by atoms with Crippen molar-refractivity contribution in [2.45, 2.75) is 25.7 Å². The molecule has 220 valence electrons. The van der Waals surface area contributed by atoms with Gasteiger partial charge in [-0.05, 0) is 84.9 Å². The summed E-state index contributed by atoms with van der Waals surface area (Å²) in [4.78, 5) is 30.7. The van der Waals surface area contributed by atoms with E-state index >= 15 is 0 Å². The second-order valence-electron chi connectivity index (χ2n) is 11.0. The van der Waals surface area contributed by atoms with E-state index in [0.29, 0.717) is 18.3 Å². The highest BCUT2D eigenvalue weighted by Crippen LogP contribution is 2.34. The van der Waals surface area contributed by atoms with Crippen LogP contribution in [0.2, 0.25) is 0 Å². The van der Waals surface area contributed by atoms with Crippen molar-refractivity contribution < 1.29 is 4.79 Å². The summed E-state index contributed by atoms with van der Waals surface area (Å²) in [5.74, 6) is 1.05. The molecule has 1 amide bonds. The van der Waals surface area contributed by atoms with Crippen molar-refractivity contribution in [2.75, 3.05) is 30.3 Å².